The zero-order valence-electron chi connectivity index (χ0n) is 20.8. The molecule has 192 valence electrons. The van der Waals surface area contributed by atoms with Gasteiger partial charge in [-0.15, -0.1) is 0 Å². The molecule has 0 unspecified atom stereocenters. The van der Waals surface area contributed by atoms with Gasteiger partial charge in [-0.05, 0) is 66.8 Å². The molecule has 0 atom stereocenters. The molecule has 3 aliphatic heterocycles. The van der Waals surface area contributed by atoms with Crippen molar-refractivity contribution in [2.75, 3.05) is 9.80 Å². The van der Waals surface area contributed by atoms with Crippen molar-refractivity contribution in [3.8, 4) is 0 Å². The van der Waals surface area contributed by atoms with Crippen molar-refractivity contribution in [1.29, 1.82) is 0 Å². The maximum absolute atomic E-state index is 6.33. The van der Waals surface area contributed by atoms with Gasteiger partial charge in [-0.3, -0.25) is 14.7 Å². The van der Waals surface area contributed by atoms with Gasteiger partial charge < -0.3 is 0 Å². The van der Waals surface area contributed by atoms with Crippen molar-refractivity contribution in [3.05, 3.63) is 132 Å². The van der Waals surface area contributed by atoms with Crippen molar-refractivity contribution < 1.29 is 0 Å². The van der Waals surface area contributed by atoms with E-state index in [1.807, 2.05) is 120 Å². The summed E-state index contributed by atoms with van der Waals surface area (Å²) in [6.07, 6.45) is 11.6. The van der Waals surface area contributed by atoms with Crippen LogP contribution in [-0.4, -0.2) is 30.7 Å². The summed E-state index contributed by atoms with van der Waals surface area (Å²) in [6, 6.07) is 25.7. The molecule has 0 radical (unpaired) electrons. The van der Waals surface area contributed by atoms with Crippen molar-refractivity contribution in [2.45, 2.75) is 0 Å². The highest BCUT2D eigenvalue weighted by Crippen LogP contribution is 2.48. The average Bonchev–Trinajstić information content (AvgIpc) is 3.29. The summed E-state index contributed by atoms with van der Waals surface area (Å²) in [4.78, 5) is 21.8. The molecule has 3 aliphatic rings. The first-order valence-electron chi connectivity index (χ1n) is 12.5. The van der Waals surface area contributed by atoms with Gasteiger partial charge in [-0.2, -0.15) is 0 Å². The number of anilines is 4. The van der Waals surface area contributed by atoms with Crippen LogP contribution >= 0.6 is 36.0 Å². The summed E-state index contributed by atoms with van der Waals surface area (Å²) in [5.74, 6) is 2.92. The number of rotatable bonds is 3. The highest BCUT2D eigenvalue weighted by atomic mass is 35.5. The van der Waals surface area contributed by atoms with E-state index in [1.165, 1.54) is 0 Å². The number of fused-ring (bicyclic) bond motifs is 3. The van der Waals surface area contributed by atoms with Gasteiger partial charge in [0.15, 0.2) is 11.6 Å². The molecule has 0 fully saturated rings. The van der Waals surface area contributed by atoms with Crippen LogP contribution in [0.2, 0.25) is 5.02 Å². The summed E-state index contributed by atoms with van der Waals surface area (Å²) in [5, 5.41) is 0.604. The van der Waals surface area contributed by atoms with Crippen LogP contribution < -0.4 is 9.80 Å². The van der Waals surface area contributed by atoms with E-state index >= 15 is 0 Å². The van der Waals surface area contributed by atoms with Crippen LogP contribution in [0.25, 0.3) is 11.0 Å². The molecule has 1 aromatic heterocycles. The van der Waals surface area contributed by atoms with Crippen LogP contribution in [0.5, 0.6) is 0 Å². The Labute approximate surface area is 246 Å². The standard InChI is InChI=1S/C31H19ClN6S2/c32-20-14-16-24-25(19-20)34-29-28(33-24)37(21-9-3-1-4-10-21)27(38(29)22-11-5-2-6-12-22)17-15-23-30(39)35-26-13-7-8-18-36(26)31(23)40/h1-19H. The first-order valence-corrected chi connectivity index (χ1v) is 13.7. The lowest BCUT2D eigenvalue weighted by Crippen LogP contribution is -2.38. The van der Waals surface area contributed by atoms with Gasteiger partial charge in [0.2, 0.25) is 0 Å². The van der Waals surface area contributed by atoms with Crippen molar-refractivity contribution >= 4 is 85.9 Å². The fourth-order valence-electron chi connectivity index (χ4n) is 4.82. The fourth-order valence-corrected chi connectivity index (χ4v) is 5.63. The number of halogens is 1. The largest absolute Gasteiger partial charge is 0.292 e. The van der Waals surface area contributed by atoms with Gasteiger partial charge in [0.25, 0.3) is 0 Å². The third kappa shape index (κ3) is 4.14. The van der Waals surface area contributed by atoms with E-state index in [-0.39, 0.29) is 0 Å². The number of aliphatic imine (C=N–C) groups is 1. The van der Waals surface area contributed by atoms with Gasteiger partial charge in [0, 0.05) is 28.2 Å². The monoisotopic (exact) mass is 574 g/mol. The molecule has 0 spiro atoms. The Morgan fingerprint density at radius 3 is 2.05 bits per heavy atom. The van der Waals surface area contributed by atoms with Crippen LogP contribution in [0, 0.1) is 0 Å². The Balaban J connectivity index is 1.46. The highest BCUT2D eigenvalue weighted by Gasteiger charge is 2.37. The molecule has 40 heavy (non-hydrogen) atoms. The molecular weight excluding hydrogens is 556 g/mol. The van der Waals surface area contributed by atoms with Crippen LogP contribution in [0.3, 0.4) is 0 Å². The molecule has 7 rings (SSSR count). The van der Waals surface area contributed by atoms with Gasteiger partial charge >= 0.3 is 0 Å². The zero-order chi connectivity index (χ0) is 27.2. The predicted molar refractivity (Wildman–Crippen MR) is 171 cm³/mol. The summed E-state index contributed by atoms with van der Waals surface area (Å²) >= 11 is 17.8. The van der Waals surface area contributed by atoms with E-state index in [1.54, 1.807) is 0 Å². The maximum atomic E-state index is 6.33. The van der Waals surface area contributed by atoms with E-state index in [0.29, 0.717) is 43.6 Å². The predicted octanol–water partition coefficient (Wildman–Crippen LogP) is 7.79. The molecule has 0 aliphatic carbocycles. The molecule has 0 bridgehead atoms. The number of nitrogens with zero attached hydrogens (tertiary/aromatic N) is 6. The number of aromatic nitrogens is 2. The lowest BCUT2D eigenvalue weighted by atomic mass is 10.1. The minimum atomic E-state index is 0.442. The molecule has 0 saturated carbocycles. The van der Waals surface area contributed by atoms with E-state index in [0.717, 1.165) is 22.7 Å². The number of allylic oxidation sites excluding steroid dienone is 4. The number of thiocarbonyl (C=S) groups is 2. The second-order valence-electron chi connectivity index (χ2n) is 9.10. The normalized spacial score (nSPS) is 18.1. The summed E-state index contributed by atoms with van der Waals surface area (Å²) < 4.78 is 0. The Hall–Kier alpha value is -4.50. The van der Waals surface area contributed by atoms with Crippen LogP contribution in [0.4, 0.5) is 23.0 Å². The van der Waals surface area contributed by atoms with Gasteiger partial charge in [-0.25, -0.2) is 15.0 Å². The summed E-state index contributed by atoms with van der Waals surface area (Å²) in [6.45, 7) is 0. The first kappa shape index (κ1) is 24.5. The fraction of sp³-hybridized carbons (Fsp3) is 0. The van der Waals surface area contributed by atoms with Gasteiger partial charge in [-0.1, -0.05) is 78.5 Å². The summed E-state index contributed by atoms with van der Waals surface area (Å²) in [7, 11) is 0. The van der Waals surface area contributed by atoms with Crippen LogP contribution in [0.15, 0.2) is 132 Å². The number of amidine groups is 1. The number of hydrogen-bond donors (Lipinski definition) is 0. The van der Waals surface area contributed by atoms with Crippen molar-refractivity contribution in [1.82, 2.24) is 14.9 Å². The first-order chi connectivity index (χ1) is 19.6. The number of hydrogen-bond acceptors (Lipinski definition) is 6. The Bertz CT molecular complexity index is 1860. The third-order valence-electron chi connectivity index (χ3n) is 6.63. The van der Waals surface area contributed by atoms with Crippen LogP contribution in [-0.2, 0) is 0 Å². The quantitative estimate of drug-likeness (QED) is 0.183. The average molecular weight is 575 g/mol. The minimum absolute atomic E-state index is 0.442. The maximum Gasteiger partial charge on any atom is 0.183 e. The number of para-hydroxylation sites is 2. The molecule has 0 amide bonds. The van der Waals surface area contributed by atoms with Crippen molar-refractivity contribution in [3.63, 3.8) is 0 Å². The van der Waals surface area contributed by atoms with Crippen molar-refractivity contribution in [2.24, 2.45) is 4.99 Å². The van der Waals surface area contributed by atoms with E-state index in [4.69, 9.17) is 46.0 Å². The second-order valence-corrected chi connectivity index (χ2v) is 10.3. The molecular formula is C31H19ClN6S2. The molecule has 9 heteroatoms. The molecule has 3 aromatic carbocycles. The Kier molecular flexibility index (Phi) is 6.08. The topological polar surface area (TPSA) is 47.9 Å². The molecule has 4 aromatic rings. The van der Waals surface area contributed by atoms with Gasteiger partial charge in [0.1, 0.15) is 21.6 Å². The lowest BCUT2D eigenvalue weighted by Gasteiger charge is -2.28. The smallest absolute Gasteiger partial charge is 0.183 e. The molecule has 0 N–H and O–H groups in total. The molecule has 6 nitrogen and oxygen atoms in total. The minimum Gasteiger partial charge on any atom is -0.292 e. The van der Waals surface area contributed by atoms with Gasteiger partial charge in [0.05, 0.1) is 11.0 Å². The van der Waals surface area contributed by atoms with Crippen LogP contribution in [0.1, 0.15) is 0 Å². The Morgan fingerprint density at radius 2 is 1.38 bits per heavy atom. The van der Waals surface area contributed by atoms with E-state index < -0.39 is 0 Å². The SMILES string of the molecule is S=C1N=C2C=CC=CN2C(=S)C1=CC=C1N(c2ccccc2)c2nc3ccc(Cl)cc3nc2N1c1ccccc1. The molecule has 4 heterocycles. The highest BCUT2D eigenvalue weighted by molar-refractivity contribution is 7.83. The second kappa shape index (κ2) is 9.91. The molecule has 0 saturated heterocycles. The number of benzene rings is 3. The Morgan fingerprint density at radius 1 is 0.725 bits per heavy atom. The lowest BCUT2D eigenvalue weighted by molar-refractivity contribution is 0.842. The van der Waals surface area contributed by atoms with E-state index in [2.05, 4.69) is 14.8 Å². The zero-order valence-corrected chi connectivity index (χ0v) is 23.2. The van der Waals surface area contributed by atoms with E-state index in [9.17, 15) is 0 Å². The summed E-state index contributed by atoms with van der Waals surface area (Å²) in [5.41, 5.74) is 4.02. The third-order valence-corrected chi connectivity index (χ3v) is 7.60.